The average molecular weight is 463 g/mol. The van der Waals surface area contributed by atoms with E-state index in [0.717, 1.165) is 6.42 Å². The number of anilines is 1. The van der Waals surface area contributed by atoms with Gasteiger partial charge in [0, 0.05) is 24.7 Å². The summed E-state index contributed by atoms with van der Waals surface area (Å²) >= 11 is 0. The first kappa shape index (κ1) is 24.1. The molecular formula is C21H23F6N3O2. The van der Waals surface area contributed by atoms with Gasteiger partial charge in [-0.05, 0) is 62.6 Å². The molecule has 5 nitrogen and oxygen atoms in total. The fourth-order valence-corrected chi connectivity index (χ4v) is 4.01. The Balaban J connectivity index is 1.54. The standard InChI is InChI=1S/C21H23F6N3O2/c22-20(23,24)13-9-14(21(25,26)27)11-16(10-13)29-18(31)8-12-3-5-15(6-4-12)30-19(32)17-2-1-7-28-17/h9-12,15H,1-8H2,(H,29,31)(H,30,32). The quantitative estimate of drug-likeness (QED) is 0.606. The zero-order valence-electron chi connectivity index (χ0n) is 17.1. The lowest BCUT2D eigenvalue weighted by Crippen LogP contribution is -2.41. The summed E-state index contributed by atoms with van der Waals surface area (Å²) in [6.07, 6.45) is -5.96. The number of carbonyl (C=O) groups excluding carboxylic acids is 2. The molecule has 2 N–H and O–H groups in total. The second-order valence-electron chi connectivity index (χ2n) is 8.17. The van der Waals surface area contributed by atoms with Crippen LogP contribution >= 0.6 is 0 Å². The van der Waals surface area contributed by atoms with E-state index < -0.39 is 35.1 Å². The van der Waals surface area contributed by atoms with Crippen LogP contribution in [0.1, 0.15) is 56.1 Å². The van der Waals surface area contributed by atoms with E-state index in [-0.39, 0.29) is 30.4 Å². The van der Waals surface area contributed by atoms with Crippen LogP contribution in [0.4, 0.5) is 32.0 Å². The SMILES string of the molecule is O=C(CC1CCC(NC(=O)C2=NCCC2)CC1)Nc1cc(C(F)(F)F)cc(C(F)(F)F)c1. The van der Waals surface area contributed by atoms with Gasteiger partial charge in [-0.15, -0.1) is 0 Å². The number of hydrogen-bond acceptors (Lipinski definition) is 3. The predicted molar refractivity (Wildman–Crippen MR) is 105 cm³/mol. The van der Waals surface area contributed by atoms with Crippen LogP contribution in [-0.2, 0) is 21.9 Å². The van der Waals surface area contributed by atoms with E-state index in [9.17, 15) is 35.9 Å². The van der Waals surface area contributed by atoms with Crippen molar-refractivity contribution in [3.05, 3.63) is 29.3 Å². The molecule has 2 amide bonds. The van der Waals surface area contributed by atoms with Gasteiger partial charge in [0.25, 0.3) is 5.91 Å². The van der Waals surface area contributed by atoms with Gasteiger partial charge in [-0.2, -0.15) is 26.3 Å². The van der Waals surface area contributed by atoms with Crippen molar-refractivity contribution in [3.8, 4) is 0 Å². The fourth-order valence-electron chi connectivity index (χ4n) is 4.01. The molecule has 0 radical (unpaired) electrons. The fraction of sp³-hybridized carbons (Fsp3) is 0.571. The summed E-state index contributed by atoms with van der Waals surface area (Å²) in [5, 5.41) is 5.10. The predicted octanol–water partition coefficient (Wildman–Crippen LogP) is 4.96. The van der Waals surface area contributed by atoms with Crippen LogP contribution < -0.4 is 10.6 Å². The van der Waals surface area contributed by atoms with Gasteiger partial charge in [0.1, 0.15) is 0 Å². The van der Waals surface area contributed by atoms with Crippen LogP contribution in [0.25, 0.3) is 0 Å². The van der Waals surface area contributed by atoms with Crippen molar-refractivity contribution >= 4 is 23.2 Å². The molecule has 0 aromatic heterocycles. The van der Waals surface area contributed by atoms with Gasteiger partial charge in [-0.3, -0.25) is 14.6 Å². The molecule has 0 spiro atoms. The number of rotatable bonds is 5. The Kier molecular flexibility index (Phi) is 7.14. The minimum Gasteiger partial charge on any atom is -0.348 e. The van der Waals surface area contributed by atoms with Crippen LogP contribution in [0, 0.1) is 5.92 Å². The number of benzene rings is 1. The van der Waals surface area contributed by atoms with Crippen LogP contribution in [-0.4, -0.2) is 30.1 Å². The summed E-state index contributed by atoms with van der Waals surface area (Å²) in [5.41, 5.74) is -2.96. The number of alkyl halides is 6. The van der Waals surface area contributed by atoms with Crippen LogP contribution in [0.3, 0.4) is 0 Å². The molecule has 1 saturated carbocycles. The van der Waals surface area contributed by atoms with E-state index in [1.807, 2.05) is 0 Å². The summed E-state index contributed by atoms with van der Waals surface area (Å²) in [5.74, 6) is -0.890. The normalized spacial score (nSPS) is 21.8. The molecule has 1 aromatic rings. The summed E-state index contributed by atoms with van der Waals surface area (Å²) in [4.78, 5) is 28.5. The zero-order valence-corrected chi connectivity index (χ0v) is 17.1. The van der Waals surface area contributed by atoms with Gasteiger partial charge in [-0.1, -0.05) is 0 Å². The molecule has 1 fully saturated rings. The maximum absolute atomic E-state index is 13.0. The summed E-state index contributed by atoms with van der Waals surface area (Å²) in [6.45, 7) is 0.654. The molecule has 3 rings (SSSR count). The van der Waals surface area contributed by atoms with Crippen molar-refractivity contribution in [3.63, 3.8) is 0 Å². The zero-order chi connectivity index (χ0) is 23.5. The van der Waals surface area contributed by atoms with Gasteiger partial charge >= 0.3 is 12.4 Å². The Morgan fingerprint density at radius 3 is 2.03 bits per heavy atom. The van der Waals surface area contributed by atoms with E-state index in [1.54, 1.807) is 0 Å². The highest BCUT2D eigenvalue weighted by atomic mass is 19.4. The number of amides is 2. The van der Waals surface area contributed by atoms with Gasteiger partial charge in [-0.25, -0.2) is 0 Å². The van der Waals surface area contributed by atoms with Crippen LogP contribution in [0.15, 0.2) is 23.2 Å². The van der Waals surface area contributed by atoms with Gasteiger partial charge in [0.15, 0.2) is 0 Å². The lowest BCUT2D eigenvalue weighted by Gasteiger charge is -2.28. The number of aliphatic imine (C=N–C) groups is 1. The Bertz CT molecular complexity index is 854. The molecule has 2 aliphatic rings. The molecule has 1 aromatic carbocycles. The smallest absolute Gasteiger partial charge is 0.348 e. The second-order valence-corrected chi connectivity index (χ2v) is 8.17. The first-order chi connectivity index (χ1) is 14.9. The van der Waals surface area contributed by atoms with Crippen molar-refractivity contribution in [2.24, 2.45) is 10.9 Å². The maximum atomic E-state index is 13.0. The molecular weight excluding hydrogens is 440 g/mol. The average Bonchev–Trinajstić information content (AvgIpc) is 3.23. The molecule has 1 heterocycles. The first-order valence-corrected chi connectivity index (χ1v) is 10.4. The number of nitrogens with one attached hydrogen (secondary N) is 2. The van der Waals surface area contributed by atoms with Crippen molar-refractivity contribution < 1.29 is 35.9 Å². The highest BCUT2D eigenvalue weighted by Crippen LogP contribution is 2.37. The Labute approximate surface area is 180 Å². The van der Waals surface area contributed by atoms with E-state index in [0.29, 0.717) is 56.5 Å². The number of carbonyl (C=O) groups is 2. The molecule has 0 saturated heterocycles. The molecule has 176 valence electrons. The summed E-state index contributed by atoms with van der Waals surface area (Å²) in [7, 11) is 0. The maximum Gasteiger partial charge on any atom is 0.416 e. The van der Waals surface area contributed by atoms with E-state index in [4.69, 9.17) is 0 Å². The molecule has 1 aliphatic heterocycles. The van der Waals surface area contributed by atoms with E-state index >= 15 is 0 Å². The Morgan fingerprint density at radius 1 is 0.938 bits per heavy atom. The third-order valence-corrected chi connectivity index (χ3v) is 5.66. The lowest BCUT2D eigenvalue weighted by molar-refractivity contribution is -0.143. The molecule has 1 aliphatic carbocycles. The van der Waals surface area contributed by atoms with Crippen LogP contribution in [0.2, 0.25) is 0 Å². The Hall–Kier alpha value is -2.59. The topological polar surface area (TPSA) is 70.6 Å². The minimum absolute atomic E-state index is 0.0162. The third-order valence-electron chi connectivity index (χ3n) is 5.66. The number of nitrogens with zero attached hydrogens (tertiary/aromatic N) is 1. The van der Waals surface area contributed by atoms with Crippen molar-refractivity contribution in [1.29, 1.82) is 0 Å². The molecule has 11 heteroatoms. The van der Waals surface area contributed by atoms with Crippen molar-refractivity contribution in [2.45, 2.75) is 63.3 Å². The Morgan fingerprint density at radius 2 is 1.53 bits per heavy atom. The minimum atomic E-state index is -4.98. The number of halogens is 6. The van der Waals surface area contributed by atoms with E-state index in [2.05, 4.69) is 15.6 Å². The van der Waals surface area contributed by atoms with Gasteiger partial charge in [0.05, 0.1) is 16.8 Å². The molecule has 32 heavy (non-hydrogen) atoms. The van der Waals surface area contributed by atoms with Crippen LogP contribution in [0.5, 0.6) is 0 Å². The van der Waals surface area contributed by atoms with Crippen molar-refractivity contribution in [2.75, 3.05) is 11.9 Å². The third kappa shape index (κ3) is 6.46. The van der Waals surface area contributed by atoms with Gasteiger partial charge < -0.3 is 10.6 Å². The molecule has 0 unspecified atom stereocenters. The van der Waals surface area contributed by atoms with E-state index in [1.165, 1.54) is 0 Å². The second kappa shape index (κ2) is 9.50. The highest BCUT2D eigenvalue weighted by Gasteiger charge is 2.37. The van der Waals surface area contributed by atoms with Crippen molar-refractivity contribution in [1.82, 2.24) is 5.32 Å². The lowest BCUT2D eigenvalue weighted by atomic mass is 9.84. The van der Waals surface area contributed by atoms with Gasteiger partial charge in [0.2, 0.25) is 5.91 Å². The number of hydrogen-bond donors (Lipinski definition) is 2. The largest absolute Gasteiger partial charge is 0.416 e. The first-order valence-electron chi connectivity index (χ1n) is 10.4. The molecule has 0 bridgehead atoms. The highest BCUT2D eigenvalue weighted by molar-refractivity contribution is 6.39. The monoisotopic (exact) mass is 463 g/mol. The molecule has 0 atom stereocenters. The summed E-state index contributed by atoms with van der Waals surface area (Å²) in [6, 6.07) is 0.960. The summed E-state index contributed by atoms with van der Waals surface area (Å²) < 4.78 is 77.7.